The zero-order valence-electron chi connectivity index (χ0n) is 8.93. The minimum atomic E-state index is -6.85. The molecule has 0 saturated carbocycles. The van der Waals surface area contributed by atoms with Gasteiger partial charge in [-0.2, -0.15) is 39.5 Å². The summed E-state index contributed by atoms with van der Waals surface area (Å²) >= 11 is 0. The molecule has 1 amide bonds. The molecule has 19 heavy (non-hydrogen) atoms. The molecule has 0 fully saturated rings. The molecule has 1 N–H and O–H groups in total. The number of halogens is 9. The highest BCUT2D eigenvalue weighted by molar-refractivity contribution is 5.69. The number of hydrogen-bond acceptors (Lipinski definition) is 2. The number of ether oxygens (including phenoxy) is 1. The van der Waals surface area contributed by atoms with E-state index in [9.17, 15) is 44.3 Å². The van der Waals surface area contributed by atoms with Crippen LogP contribution in [0.2, 0.25) is 0 Å². The molecule has 0 atom stereocenters. The van der Waals surface area contributed by atoms with Gasteiger partial charge in [-0.3, -0.25) is 5.32 Å². The van der Waals surface area contributed by atoms with Crippen molar-refractivity contribution < 1.29 is 49.0 Å². The van der Waals surface area contributed by atoms with Crippen LogP contribution in [0.4, 0.5) is 44.3 Å². The maximum atomic E-state index is 12.3. The Balaban J connectivity index is 5.90. The summed E-state index contributed by atoms with van der Waals surface area (Å²) in [6, 6.07) is 0. The average Bonchev–Trinajstić information content (AvgIpc) is 2.08. The number of alkyl carbamates (subject to hydrolysis) is 1. The van der Waals surface area contributed by atoms with Crippen LogP contribution in [0.5, 0.6) is 0 Å². The number of nitrogens with one attached hydrogen (secondary N) is 1. The Morgan fingerprint density at radius 2 is 1.21 bits per heavy atom. The fourth-order valence-electron chi connectivity index (χ4n) is 1.02. The molecule has 3 nitrogen and oxygen atoms in total. The lowest BCUT2D eigenvalue weighted by molar-refractivity contribution is -0.387. The zero-order chi connectivity index (χ0) is 15.7. The normalized spacial score (nSPS) is 14.2. The van der Waals surface area contributed by atoms with E-state index in [1.54, 1.807) is 0 Å². The van der Waals surface area contributed by atoms with Gasteiger partial charge in [0.05, 0.1) is 6.61 Å². The molecule has 12 heteroatoms. The van der Waals surface area contributed by atoms with Crippen molar-refractivity contribution in [3.63, 3.8) is 0 Å². The van der Waals surface area contributed by atoms with Gasteiger partial charge in [0.25, 0.3) is 0 Å². The molecule has 0 spiro atoms. The van der Waals surface area contributed by atoms with E-state index in [0.29, 0.717) is 0 Å². The number of amides is 1. The van der Waals surface area contributed by atoms with Crippen LogP contribution in [0.25, 0.3) is 0 Å². The van der Waals surface area contributed by atoms with Gasteiger partial charge in [-0.15, -0.1) is 0 Å². The van der Waals surface area contributed by atoms with Crippen LogP contribution in [0.3, 0.4) is 0 Å². The molecule has 0 bridgehead atoms. The molecule has 0 aromatic carbocycles. The third-order valence-electron chi connectivity index (χ3n) is 1.84. The van der Waals surface area contributed by atoms with Gasteiger partial charge in [0.2, 0.25) is 0 Å². The molecule has 0 aliphatic heterocycles. The molecule has 0 unspecified atom stereocenters. The molecular formula is C7H6F9NO2. The Hall–Kier alpha value is -1.36. The molecule has 0 aliphatic carbocycles. The molecule has 114 valence electrons. The van der Waals surface area contributed by atoms with Crippen LogP contribution in [-0.2, 0) is 4.74 Å². The largest absolute Gasteiger partial charge is 0.450 e. The van der Waals surface area contributed by atoms with Gasteiger partial charge in [0, 0.05) is 0 Å². The quantitative estimate of drug-likeness (QED) is 0.796. The zero-order valence-corrected chi connectivity index (χ0v) is 8.93. The second-order valence-electron chi connectivity index (χ2n) is 3.09. The van der Waals surface area contributed by atoms with Gasteiger partial charge < -0.3 is 4.74 Å². The van der Waals surface area contributed by atoms with E-state index in [0.717, 1.165) is 6.92 Å². The van der Waals surface area contributed by atoms with E-state index in [4.69, 9.17) is 0 Å². The summed E-state index contributed by atoms with van der Waals surface area (Å²) in [6.07, 6.45) is -23.0. The lowest BCUT2D eigenvalue weighted by Crippen LogP contribution is -2.75. The summed E-state index contributed by atoms with van der Waals surface area (Å²) in [5.74, 6) is 0. The average molecular weight is 307 g/mol. The first-order valence-electron chi connectivity index (χ1n) is 4.35. The van der Waals surface area contributed by atoms with Crippen molar-refractivity contribution in [1.29, 1.82) is 0 Å². The van der Waals surface area contributed by atoms with E-state index in [1.807, 2.05) is 0 Å². The van der Waals surface area contributed by atoms with E-state index in [2.05, 4.69) is 4.74 Å². The third kappa shape index (κ3) is 3.15. The van der Waals surface area contributed by atoms with E-state index >= 15 is 0 Å². The fourth-order valence-corrected chi connectivity index (χ4v) is 1.02. The van der Waals surface area contributed by atoms with E-state index < -0.39 is 36.8 Å². The predicted octanol–water partition coefficient (Wildman–Crippen LogP) is 3.16. The van der Waals surface area contributed by atoms with Gasteiger partial charge in [-0.1, -0.05) is 0 Å². The first-order valence-corrected chi connectivity index (χ1v) is 4.35. The lowest BCUT2D eigenvalue weighted by atomic mass is 9.97. The third-order valence-corrected chi connectivity index (χ3v) is 1.84. The van der Waals surface area contributed by atoms with E-state index in [1.165, 1.54) is 0 Å². The minimum Gasteiger partial charge on any atom is -0.450 e. The van der Waals surface area contributed by atoms with Crippen LogP contribution in [0.15, 0.2) is 0 Å². The smallest absolute Gasteiger partial charge is 0.429 e. The van der Waals surface area contributed by atoms with Gasteiger partial charge in [0.1, 0.15) is 0 Å². The highest BCUT2D eigenvalue weighted by Crippen LogP contribution is 2.52. The first kappa shape index (κ1) is 17.6. The van der Waals surface area contributed by atoms with Crippen molar-refractivity contribution in [1.82, 2.24) is 5.32 Å². The number of carbonyl (C=O) groups is 1. The SMILES string of the molecule is CCOC(=O)NC(C(F)(F)F)(C(F)(F)F)C(F)(F)F. The second kappa shape index (κ2) is 4.96. The maximum Gasteiger partial charge on any atom is 0.429 e. The Morgan fingerprint density at radius 3 is 1.42 bits per heavy atom. The van der Waals surface area contributed by atoms with Crippen molar-refractivity contribution in [2.24, 2.45) is 0 Å². The van der Waals surface area contributed by atoms with Gasteiger partial charge >= 0.3 is 30.2 Å². The van der Waals surface area contributed by atoms with Crippen LogP contribution >= 0.6 is 0 Å². The summed E-state index contributed by atoms with van der Waals surface area (Å²) < 4.78 is 114. The van der Waals surface area contributed by atoms with Crippen LogP contribution < -0.4 is 5.32 Å². The van der Waals surface area contributed by atoms with Crippen LogP contribution in [-0.4, -0.2) is 36.8 Å². The molecule has 0 aliphatic rings. The Labute approximate surface area is 99.2 Å². The Kier molecular flexibility index (Phi) is 4.61. The lowest BCUT2D eigenvalue weighted by Gasteiger charge is -2.38. The van der Waals surface area contributed by atoms with Crippen molar-refractivity contribution >= 4 is 6.09 Å². The van der Waals surface area contributed by atoms with E-state index in [-0.39, 0.29) is 5.32 Å². The standard InChI is InChI=1S/C7H6F9NO2/c1-2-19-3(18)17-4(5(8,9)10,6(11,12)13)7(14,15)16/h2H2,1H3,(H,17,18). The van der Waals surface area contributed by atoms with Crippen molar-refractivity contribution in [2.45, 2.75) is 31.0 Å². The summed E-state index contributed by atoms with van der Waals surface area (Å²) in [4.78, 5) is 10.6. The molecular weight excluding hydrogens is 301 g/mol. The summed E-state index contributed by atoms with van der Waals surface area (Å²) in [7, 11) is 0. The van der Waals surface area contributed by atoms with Crippen molar-refractivity contribution in [2.75, 3.05) is 6.61 Å². The van der Waals surface area contributed by atoms with Crippen molar-refractivity contribution in [3.05, 3.63) is 0 Å². The van der Waals surface area contributed by atoms with Crippen LogP contribution in [0.1, 0.15) is 6.92 Å². The highest BCUT2D eigenvalue weighted by atomic mass is 19.4. The molecule has 0 aromatic rings. The summed E-state index contributed by atoms with van der Waals surface area (Å²) in [6.45, 7) is 0.269. The minimum absolute atomic E-state index is 0.185. The number of carbonyl (C=O) groups excluding carboxylic acids is 1. The monoisotopic (exact) mass is 307 g/mol. The van der Waals surface area contributed by atoms with Gasteiger partial charge in [0.15, 0.2) is 0 Å². The first-order chi connectivity index (χ1) is 8.20. The molecule has 0 saturated heterocycles. The Bertz CT molecular complexity index is 293. The molecule has 0 heterocycles. The van der Waals surface area contributed by atoms with Gasteiger partial charge in [-0.05, 0) is 6.92 Å². The summed E-state index contributed by atoms with van der Waals surface area (Å²) in [5.41, 5.74) is -6.39. The van der Waals surface area contributed by atoms with Gasteiger partial charge in [-0.25, -0.2) is 4.79 Å². The van der Waals surface area contributed by atoms with Crippen molar-refractivity contribution in [3.8, 4) is 0 Å². The Morgan fingerprint density at radius 1 is 0.895 bits per heavy atom. The molecule has 0 radical (unpaired) electrons. The predicted molar refractivity (Wildman–Crippen MR) is 41.1 cm³/mol. The number of rotatable bonds is 2. The topological polar surface area (TPSA) is 38.3 Å². The fraction of sp³-hybridized carbons (Fsp3) is 0.857. The second-order valence-corrected chi connectivity index (χ2v) is 3.09. The summed E-state index contributed by atoms with van der Waals surface area (Å²) in [5, 5.41) is -0.185. The maximum absolute atomic E-state index is 12.3. The highest BCUT2D eigenvalue weighted by Gasteiger charge is 2.85. The number of hydrogen-bond donors (Lipinski definition) is 1. The van der Waals surface area contributed by atoms with Crippen LogP contribution in [0, 0.1) is 0 Å². The molecule has 0 rings (SSSR count). The molecule has 0 aromatic heterocycles. The number of alkyl halides is 9.